The first-order valence-corrected chi connectivity index (χ1v) is 6.02. The lowest BCUT2D eigenvalue weighted by Gasteiger charge is -2.23. The minimum Gasteiger partial charge on any atom is -0.481 e. The maximum Gasteiger partial charge on any atom is 0.471 e. The normalized spacial score (nSPS) is 11.2. The molecule has 0 radical (unpaired) electrons. The van der Waals surface area contributed by atoms with Crippen LogP contribution in [0.1, 0.15) is 18.4 Å². The molecule has 0 aromatic heterocycles. The molecule has 4 nitrogen and oxygen atoms in total. The molecule has 0 atom stereocenters. The molecule has 0 bridgehead atoms. The highest BCUT2D eigenvalue weighted by Gasteiger charge is 2.42. The molecule has 0 spiro atoms. The average molecular weight is 307 g/mol. The highest BCUT2D eigenvalue weighted by atomic mass is 19.4. The predicted octanol–water partition coefficient (Wildman–Crippen LogP) is 2.58. The Morgan fingerprint density at radius 1 is 1.24 bits per heavy atom. The second kappa shape index (κ2) is 7.05. The van der Waals surface area contributed by atoms with Crippen LogP contribution in [-0.4, -0.2) is 34.6 Å². The molecule has 0 saturated carbocycles. The van der Waals surface area contributed by atoms with Gasteiger partial charge in [0, 0.05) is 19.5 Å². The van der Waals surface area contributed by atoms with Gasteiger partial charge >= 0.3 is 18.1 Å². The van der Waals surface area contributed by atoms with Crippen LogP contribution in [0.2, 0.25) is 0 Å². The van der Waals surface area contributed by atoms with Crippen molar-refractivity contribution in [2.75, 3.05) is 6.54 Å². The van der Waals surface area contributed by atoms with Gasteiger partial charge in [-0.2, -0.15) is 13.2 Å². The Balaban J connectivity index is 2.80. The lowest BCUT2D eigenvalue weighted by atomic mass is 10.2. The van der Waals surface area contributed by atoms with Crippen molar-refractivity contribution in [3.05, 3.63) is 35.6 Å². The lowest BCUT2D eigenvalue weighted by Crippen LogP contribution is -2.41. The van der Waals surface area contributed by atoms with Crippen molar-refractivity contribution < 1.29 is 32.3 Å². The minimum absolute atomic E-state index is 0.119. The molecule has 0 aliphatic heterocycles. The summed E-state index contributed by atoms with van der Waals surface area (Å²) < 4.78 is 50.5. The number of benzene rings is 1. The Bertz CT molecular complexity index is 516. The van der Waals surface area contributed by atoms with Crippen LogP contribution in [0.3, 0.4) is 0 Å². The number of rotatable bonds is 6. The summed E-state index contributed by atoms with van der Waals surface area (Å²) in [6.07, 6.45) is -5.53. The molecule has 1 aromatic carbocycles. The molecule has 1 amide bonds. The van der Waals surface area contributed by atoms with E-state index in [2.05, 4.69) is 0 Å². The topological polar surface area (TPSA) is 57.6 Å². The Morgan fingerprint density at radius 3 is 2.43 bits per heavy atom. The van der Waals surface area contributed by atoms with Gasteiger partial charge in [-0.3, -0.25) is 9.59 Å². The van der Waals surface area contributed by atoms with E-state index in [0.29, 0.717) is 4.90 Å². The SMILES string of the molecule is O=C(O)CCCN(Cc1cccc(F)c1)C(=O)C(F)(F)F. The van der Waals surface area contributed by atoms with Gasteiger partial charge in [0.05, 0.1) is 0 Å². The number of carbonyl (C=O) groups is 2. The second-order valence-corrected chi connectivity index (χ2v) is 4.35. The van der Waals surface area contributed by atoms with E-state index in [9.17, 15) is 27.2 Å². The molecule has 0 fully saturated rings. The number of amides is 1. The van der Waals surface area contributed by atoms with Crippen molar-refractivity contribution in [3.63, 3.8) is 0 Å². The number of hydrogen-bond donors (Lipinski definition) is 1. The van der Waals surface area contributed by atoms with E-state index >= 15 is 0 Å². The summed E-state index contributed by atoms with van der Waals surface area (Å²) in [7, 11) is 0. The third kappa shape index (κ3) is 5.80. The third-order valence-electron chi connectivity index (χ3n) is 2.61. The first-order valence-electron chi connectivity index (χ1n) is 6.02. The van der Waals surface area contributed by atoms with Gasteiger partial charge in [-0.05, 0) is 24.1 Å². The van der Waals surface area contributed by atoms with E-state index in [0.717, 1.165) is 12.1 Å². The molecule has 1 rings (SSSR count). The molecule has 1 aromatic rings. The van der Waals surface area contributed by atoms with E-state index in [1.165, 1.54) is 12.1 Å². The van der Waals surface area contributed by atoms with Crippen LogP contribution in [0, 0.1) is 5.82 Å². The quantitative estimate of drug-likeness (QED) is 0.822. The fourth-order valence-corrected chi connectivity index (χ4v) is 1.71. The van der Waals surface area contributed by atoms with Crippen LogP contribution in [0.4, 0.5) is 17.6 Å². The number of nitrogens with zero attached hydrogens (tertiary/aromatic N) is 1. The summed E-state index contributed by atoms with van der Waals surface area (Å²) in [6, 6.07) is 4.85. The minimum atomic E-state index is -5.06. The van der Waals surface area contributed by atoms with E-state index in [1.807, 2.05) is 0 Å². The van der Waals surface area contributed by atoms with E-state index in [-0.39, 0.29) is 24.9 Å². The Morgan fingerprint density at radius 2 is 1.90 bits per heavy atom. The molecular weight excluding hydrogens is 294 g/mol. The molecule has 116 valence electrons. The van der Waals surface area contributed by atoms with Crippen LogP contribution in [0.15, 0.2) is 24.3 Å². The number of aliphatic carboxylic acids is 1. The van der Waals surface area contributed by atoms with Crippen molar-refractivity contribution in [1.29, 1.82) is 0 Å². The van der Waals surface area contributed by atoms with Gasteiger partial charge in [0.1, 0.15) is 5.82 Å². The molecular formula is C13H13F4NO3. The first-order chi connectivity index (χ1) is 9.70. The summed E-state index contributed by atoms with van der Waals surface area (Å²) >= 11 is 0. The smallest absolute Gasteiger partial charge is 0.471 e. The van der Waals surface area contributed by atoms with Gasteiger partial charge in [-0.15, -0.1) is 0 Å². The number of alkyl halides is 3. The van der Waals surface area contributed by atoms with E-state index in [1.54, 1.807) is 0 Å². The largest absolute Gasteiger partial charge is 0.481 e. The van der Waals surface area contributed by atoms with E-state index in [4.69, 9.17) is 5.11 Å². The zero-order chi connectivity index (χ0) is 16.0. The molecule has 0 heterocycles. The summed E-state index contributed by atoms with van der Waals surface area (Å²) in [4.78, 5) is 22.1. The number of halogens is 4. The third-order valence-corrected chi connectivity index (χ3v) is 2.61. The lowest BCUT2D eigenvalue weighted by molar-refractivity contribution is -0.186. The van der Waals surface area contributed by atoms with Crippen molar-refractivity contribution >= 4 is 11.9 Å². The van der Waals surface area contributed by atoms with Crippen molar-refractivity contribution in [2.24, 2.45) is 0 Å². The molecule has 0 unspecified atom stereocenters. The standard InChI is InChI=1S/C13H13F4NO3/c14-10-4-1-3-9(7-10)8-18(6-2-5-11(19)20)12(21)13(15,16)17/h1,3-4,7H,2,5-6,8H2,(H,19,20). The maximum absolute atomic E-state index is 13.0. The first kappa shape index (κ1) is 16.9. The van der Waals surface area contributed by atoms with Gasteiger partial charge in [-0.25, -0.2) is 4.39 Å². The average Bonchev–Trinajstić information content (AvgIpc) is 2.35. The Labute approximate surface area is 118 Å². The summed E-state index contributed by atoms with van der Waals surface area (Å²) in [5, 5.41) is 8.48. The maximum atomic E-state index is 13.0. The number of carbonyl (C=O) groups excluding carboxylic acids is 1. The zero-order valence-corrected chi connectivity index (χ0v) is 10.9. The van der Waals surface area contributed by atoms with Gasteiger partial charge in [0.2, 0.25) is 0 Å². The van der Waals surface area contributed by atoms with Crippen molar-refractivity contribution in [3.8, 4) is 0 Å². The molecule has 1 N–H and O–H groups in total. The Hall–Kier alpha value is -2.12. The van der Waals surface area contributed by atoms with E-state index < -0.39 is 30.4 Å². The number of hydrogen-bond acceptors (Lipinski definition) is 2. The molecule has 8 heteroatoms. The van der Waals surface area contributed by atoms with Gasteiger partial charge in [0.25, 0.3) is 0 Å². The molecule has 0 saturated heterocycles. The van der Waals surface area contributed by atoms with Crippen LogP contribution >= 0.6 is 0 Å². The summed E-state index contributed by atoms with van der Waals surface area (Å²) in [5.74, 6) is -3.87. The number of carboxylic acids is 1. The van der Waals surface area contributed by atoms with Crippen LogP contribution in [0.5, 0.6) is 0 Å². The summed E-state index contributed by atoms with van der Waals surface area (Å²) in [5.41, 5.74) is 0.197. The Kier molecular flexibility index (Phi) is 5.69. The van der Waals surface area contributed by atoms with Crippen LogP contribution < -0.4 is 0 Å². The van der Waals surface area contributed by atoms with Crippen LogP contribution in [0.25, 0.3) is 0 Å². The molecule has 0 aliphatic rings. The fraction of sp³-hybridized carbons (Fsp3) is 0.385. The van der Waals surface area contributed by atoms with Crippen molar-refractivity contribution in [2.45, 2.75) is 25.6 Å². The van der Waals surface area contributed by atoms with Gasteiger partial charge in [-0.1, -0.05) is 12.1 Å². The predicted molar refractivity (Wildman–Crippen MR) is 64.7 cm³/mol. The highest BCUT2D eigenvalue weighted by molar-refractivity contribution is 5.81. The molecule has 21 heavy (non-hydrogen) atoms. The zero-order valence-electron chi connectivity index (χ0n) is 10.9. The summed E-state index contributed by atoms with van der Waals surface area (Å²) in [6.45, 7) is -0.809. The van der Waals surface area contributed by atoms with Gasteiger partial charge in [0.15, 0.2) is 0 Å². The monoisotopic (exact) mass is 307 g/mol. The highest BCUT2D eigenvalue weighted by Crippen LogP contribution is 2.20. The second-order valence-electron chi connectivity index (χ2n) is 4.35. The fourth-order valence-electron chi connectivity index (χ4n) is 1.71. The van der Waals surface area contributed by atoms with Gasteiger partial charge < -0.3 is 10.0 Å². The van der Waals surface area contributed by atoms with Crippen molar-refractivity contribution in [1.82, 2.24) is 4.90 Å². The number of carboxylic acid groups (broad SMARTS) is 1. The van der Waals surface area contributed by atoms with Crippen LogP contribution in [-0.2, 0) is 16.1 Å². The molecule has 0 aliphatic carbocycles.